The van der Waals surface area contributed by atoms with Crippen LogP contribution in [-0.4, -0.2) is 36.5 Å². The average Bonchev–Trinajstić information content (AvgIpc) is 2.93. The molecule has 1 aliphatic rings. The van der Waals surface area contributed by atoms with Gasteiger partial charge in [0, 0.05) is 31.4 Å². The average molecular weight is 423 g/mol. The molecule has 1 aliphatic heterocycles. The molecule has 2 rings (SSSR count). The summed E-state index contributed by atoms with van der Waals surface area (Å²) in [6.07, 6.45) is 2.38. The van der Waals surface area contributed by atoms with Gasteiger partial charge >= 0.3 is 0 Å². The van der Waals surface area contributed by atoms with E-state index in [1.807, 2.05) is 0 Å². The molecule has 2 heterocycles. The number of carbonyl (C=O) groups excluding carboxylic acids is 1. The monoisotopic (exact) mass is 423 g/mol. The van der Waals surface area contributed by atoms with Crippen LogP contribution in [-0.2, 0) is 17.8 Å². The minimum atomic E-state index is 0. The Kier molecular flexibility index (Phi) is 7.94. The first kappa shape index (κ1) is 18.1. The van der Waals surface area contributed by atoms with Gasteiger partial charge in [0.15, 0.2) is 5.96 Å². The highest BCUT2D eigenvalue weighted by molar-refractivity contribution is 14.0. The number of thiazole rings is 1. The second-order valence-electron chi connectivity index (χ2n) is 4.70. The van der Waals surface area contributed by atoms with Gasteiger partial charge in [-0.25, -0.2) is 4.98 Å². The van der Waals surface area contributed by atoms with Gasteiger partial charge in [0.25, 0.3) is 0 Å². The summed E-state index contributed by atoms with van der Waals surface area (Å²) in [5.74, 6) is 0.873. The molecule has 3 N–H and O–H groups in total. The second-order valence-corrected chi connectivity index (χ2v) is 5.64. The summed E-state index contributed by atoms with van der Waals surface area (Å²) in [6, 6.07) is 0.237. The lowest BCUT2D eigenvalue weighted by Crippen LogP contribution is -2.51. The van der Waals surface area contributed by atoms with Crippen molar-refractivity contribution in [3.05, 3.63) is 16.1 Å². The zero-order valence-corrected chi connectivity index (χ0v) is 15.5. The molecule has 0 radical (unpaired) electrons. The SMILES string of the molecule is CCc1nc(CNC(=NC)NC2CCC(=O)NC2)cs1.I. The number of amides is 1. The molecule has 1 unspecified atom stereocenters. The van der Waals surface area contributed by atoms with Gasteiger partial charge in [0.1, 0.15) is 0 Å². The third-order valence-corrected chi connectivity index (χ3v) is 4.21. The molecule has 6 nitrogen and oxygen atoms in total. The van der Waals surface area contributed by atoms with E-state index in [0.717, 1.165) is 29.5 Å². The van der Waals surface area contributed by atoms with Crippen LogP contribution < -0.4 is 16.0 Å². The Morgan fingerprint density at radius 3 is 3.00 bits per heavy atom. The van der Waals surface area contributed by atoms with Crippen LogP contribution in [0, 0.1) is 0 Å². The number of halogens is 1. The molecule has 1 aromatic rings. The van der Waals surface area contributed by atoms with Crippen LogP contribution in [0.3, 0.4) is 0 Å². The minimum Gasteiger partial charge on any atom is -0.354 e. The molecule has 118 valence electrons. The molecule has 0 bridgehead atoms. The fourth-order valence-electron chi connectivity index (χ4n) is 2.01. The van der Waals surface area contributed by atoms with Crippen molar-refractivity contribution in [3.8, 4) is 0 Å². The highest BCUT2D eigenvalue weighted by Gasteiger charge is 2.18. The van der Waals surface area contributed by atoms with Crippen LogP contribution in [0.5, 0.6) is 0 Å². The summed E-state index contributed by atoms with van der Waals surface area (Å²) in [7, 11) is 1.75. The summed E-state index contributed by atoms with van der Waals surface area (Å²) in [6.45, 7) is 3.42. The zero-order chi connectivity index (χ0) is 14.4. The molecule has 0 spiro atoms. The van der Waals surface area contributed by atoms with Gasteiger partial charge in [0.2, 0.25) is 5.91 Å². The zero-order valence-electron chi connectivity index (χ0n) is 12.3. The Balaban J connectivity index is 0.00000220. The van der Waals surface area contributed by atoms with Crippen LogP contribution in [0.2, 0.25) is 0 Å². The number of guanidine groups is 1. The first-order valence-electron chi connectivity index (χ1n) is 6.88. The molecule has 1 aromatic heterocycles. The predicted molar refractivity (Wildman–Crippen MR) is 96.3 cm³/mol. The van der Waals surface area contributed by atoms with Gasteiger partial charge in [-0.1, -0.05) is 6.92 Å². The summed E-state index contributed by atoms with van der Waals surface area (Å²) < 4.78 is 0. The Bertz CT molecular complexity index is 481. The van der Waals surface area contributed by atoms with E-state index in [-0.39, 0.29) is 35.9 Å². The highest BCUT2D eigenvalue weighted by Crippen LogP contribution is 2.09. The lowest BCUT2D eigenvalue weighted by molar-refractivity contribution is -0.122. The Labute approximate surface area is 146 Å². The number of piperidine rings is 1. The standard InChI is InChI=1S/C13H21N5OS.HI/c1-3-12-17-10(8-20-12)7-16-13(14-2)18-9-4-5-11(19)15-6-9;/h8-9H,3-7H2,1-2H3,(H,15,19)(H2,14,16,18);1H. The number of hydrogen-bond acceptors (Lipinski definition) is 4. The second kappa shape index (κ2) is 9.19. The van der Waals surface area contributed by atoms with Crippen LogP contribution in [0.15, 0.2) is 10.4 Å². The molecule has 0 aromatic carbocycles. The number of aliphatic imine (C=N–C) groups is 1. The van der Waals surface area contributed by atoms with Gasteiger partial charge in [-0.2, -0.15) is 0 Å². The minimum absolute atomic E-state index is 0. The van der Waals surface area contributed by atoms with Gasteiger partial charge in [-0.3, -0.25) is 9.79 Å². The van der Waals surface area contributed by atoms with Crippen molar-refractivity contribution in [2.24, 2.45) is 4.99 Å². The molecule has 1 amide bonds. The quantitative estimate of drug-likeness (QED) is 0.387. The van der Waals surface area contributed by atoms with Crippen molar-refractivity contribution in [2.45, 2.75) is 38.8 Å². The molecule has 0 aliphatic carbocycles. The van der Waals surface area contributed by atoms with E-state index in [4.69, 9.17) is 0 Å². The van der Waals surface area contributed by atoms with Gasteiger partial charge < -0.3 is 16.0 Å². The van der Waals surface area contributed by atoms with Gasteiger partial charge in [0.05, 0.1) is 17.2 Å². The van der Waals surface area contributed by atoms with Crippen molar-refractivity contribution in [1.82, 2.24) is 20.9 Å². The molecule has 0 saturated carbocycles. The molecular weight excluding hydrogens is 401 g/mol. The van der Waals surface area contributed by atoms with Crippen LogP contribution in [0.25, 0.3) is 0 Å². The molecule has 1 saturated heterocycles. The molecule has 1 atom stereocenters. The number of nitrogens with one attached hydrogen (secondary N) is 3. The number of carbonyl (C=O) groups is 1. The van der Waals surface area contributed by atoms with Crippen LogP contribution in [0.4, 0.5) is 0 Å². The smallest absolute Gasteiger partial charge is 0.220 e. The highest BCUT2D eigenvalue weighted by atomic mass is 127. The normalized spacial score (nSPS) is 18.7. The molecule has 1 fully saturated rings. The Hall–Kier alpha value is -0.900. The molecule has 21 heavy (non-hydrogen) atoms. The maximum absolute atomic E-state index is 11.1. The van der Waals surface area contributed by atoms with E-state index >= 15 is 0 Å². The van der Waals surface area contributed by atoms with E-state index in [9.17, 15) is 4.79 Å². The van der Waals surface area contributed by atoms with E-state index in [1.54, 1.807) is 18.4 Å². The van der Waals surface area contributed by atoms with E-state index in [1.165, 1.54) is 0 Å². The van der Waals surface area contributed by atoms with Crippen molar-refractivity contribution in [3.63, 3.8) is 0 Å². The topological polar surface area (TPSA) is 78.4 Å². The fourth-order valence-corrected chi connectivity index (χ4v) is 2.76. The fraction of sp³-hybridized carbons (Fsp3) is 0.615. The summed E-state index contributed by atoms with van der Waals surface area (Å²) in [5.41, 5.74) is 1.03. The van der Waals surface area contributed by atoms with E-state index in [0.29, 0.717) is 19.5 Å². The number of hydrogen-bond donors (Lipinski definition) is 3. The summed E-state index contributed by atoms with van der Waals surface area (Å²) in [4.78, 5) is 19.8. The largest absolute Gasteiger partial charge is 0.354 e. The van der Waals surface area contributed by atoms with E-state index in [2.05, 4.69) is 38.2 Å². The van der Waals surface area contributed by atoms with Crippen LogP contribution in [0.1, 0.15) is 30.5 Å². The molecular formula is C13H22IN5OS. The number of aryl methyl sites for hydroxylation is 1. The predicted octanol–water partition coefficient (Wildman–Crippen LogP) is 1.27. The maximum Gasteiger partial charge on any atom is 0.220 e. The summed E-state index contributed by atoms with van der Waals surface area (Å²) >= 11 is 1.69. The Morgan fingerprint density at radius 1 is 1.62 bits per heavy atom. The molecule has 8 heteroatoms. The third-order valence-electron chi connectivity index (χ3n) is 3.17. The number of nitrogens with zero attached hydrogens (tertiary/aromatic N) is 2. The van der Waals surface area contributed by atoms with Gasteiger partial charge in [-0.05, 0) is 12.8 Å². The lowest BCUT2D eigenvalue weighted by atomic mass is 10.1. The number of rotatable bonds is 4. The van der Waals surface area contributed by atoms with Crippen molar-refractivity contribution >= 4 is 47.2 Å². The maximum atomic E-state index is 11.1. The Morgan fingerprint density at radius 2 is 2.43 bits per heavy atom. The third kappa shape index (κ3) is 5.77. The lowest BCUT2D eigenvalue weighted by Gasteiger charge is -2.25. The van der Waals surface area contributed by atoms with Crippen molar-refractivity contribution in [1.29, 1.82) is 0 Å². The first-order valence-corrected chi connectivity index (χ1v) is 7.76. The van der Waals surface area contributed by atoms with E-state index < -0.39 is 0 Å². The first-order chi connectivity index (χ1) is 9.71. The van der Waals surface area contributed by atoms with Crippen molar-refractivity contribution in [2.75, 3.05) is 13.6 Å². The van der Waals surface area contributed by atoms with Crippen LogP contribution >= 0.6 is 35.3 Å². The summed E-state index contributed by atoms with van der Waals surface area (Å²) in [5, 5.41) is 12.6. The van der Waals surface area contributed by atoms with Crippen molar-refractivity contribution < 1.29 is 4.79 Å². The number of aromatic nitrogens is 1. The van der Waals surface area contributed by atoms with Gasteiger partial charge in [-0.15, -0.1) is 35.3 Å².